The highest BCUT2D eigenvalue weighted by atomic mass is 35.5. The van der Waals surface area contributed by atoms with Crippen molar-refractivity contribution < 1.29 is 13.2 Å². The number of methoxy groups -OCH3 is 1. The monoisotopic (exact) mass is 643 g/mol. The molecule has 0 aliphatic carbocycles. The van der Waals surface area contributed by atoms with Crippen LogP contribution in [0.15, 0.2) is 89.0 Å². The van der Waals surface area contributed by atoms with Crippen molar-refractivity contribution in [2.75, 3.05) is 23.4 Å². The zero-order valence-electron chi connectivity index (χ0n) is 24.2. The van der Waals surface area contributed by atoms with Gasteiger partial charge in [-0.2, -0.15) is 0 Å². The van der Waals surface area contributed by atoms with Crippen LogP contribution in [0.1, 0.15) is 18.7 Å². The largest absolute Gasteiger partial charge is 0.480 e. The lowest BCUT2D eigenvalue weighted by Crippen LogP contribution is -2.27. The van der Waals surface area contributed by atoms with E-state index in [1.54, 1.807) is 36.4 Å². The summed E-state index contributed by atoms with van der Waals surface area (Å²) >= 11 is 7.18. The van der Waals surface area contributed by atoms with Crippen molar-refractivity contribution in [1.29, 1.82) is 0 Å². The molecule has 3 N–H and O–H groups in total. The molecule has 6 aromatic rings. The summed E-state index contributed by atoms with van der Waals surface area (Å²) in [6.07, 6.45) is 5.36. The number of para-hydroxylation sites is 1. The Kier molecular flexibility index (Phi) is 7.73. The molecule has 6 rings (SSSR count). The molecule has 0 aliphatic heterocycles. The standard InChI is InChI=1S/C31H26ClN7O5S/c1-17(37-29-25-23(40)12-13-33-28(25)35-16-36-29)27-26(32)21-11-7-10-20(24(21)31(41)39(27)19-8-5-4-6-9-19)18-14-22(38-45(3,42)43)30(44-2)34-15-18/h4-17,38H,1-3H3,(H2,33,35,36,37,40)/t17-/m0/s1. The van der Waals surface area contributed by atoms with Gasteiger partial charge in [-0.05, 0) is 30.7 Å². The third-order valence-electron chi connectivity index (χ3n) is 7.16. The summed E-state index contributed by atoms with van der Waals surface area (Å²) in [6, 6.07) is 16.6. The summed E-state index contributed by atoms with van der Waals surface area (Å²) < 4.78 is 33.3. The first-order chi connectivity index (χ1) is 21.6. The number of fused-ring (bicyclic) bond motifs is 2. The fraction of sp³-hybridized carbons (Fsp3) is 0.129. The first-order valence-corrected chi connectivity index (χ1v) is 15.9. The van der Waals surface area contributed by atoms with Crippen LogP contribution in [-0.2, 0) is 10.0 Å². The average Bonchev–Trinajstić information content (AvgIpc) is 3.02. The molecule has 0 saturated heterocycles. The van der Waals surface area contributed by atoms with Gasteiger partial charge >= 0.3 is 0 Å². The summed E-state index contributed by atoms with van der Waals surface area (Å²) in [7, 11) is -2.28. The van der Waals surface area contributed by atoms with E-state index in [1.807, 2.05) is 25.1 Å². The van der Waals surface area contributed by atoms with Gasteiger partial charge in [-0.1, -0.05) is 48.0 Å². The number of halogens is 1. The number of hydrogen-bond acceptors (Lipinski definition) is 9. The molecule has 12 nitrogen and oxygen atoms in total. The minimum absolute atomic E-state index is 0.0717. The van der Waals surface area contributed by atoms with E-state index in [4.69, 9.17) is 16.3 Å². The zero-order chi connectivity index (χ0) is 31.9. The van der Waals surface area contributed by atoms with Gasteiger partial charge in [-0.15, -0.1) is 0 Å². The SMILES string of the molecule is COc1ncc(-c2cccc3c(Cl)c([C@H](C)Nc4ncnc5[nH]ccc(=O)c45)n(-c4ccccc4)c(=O)c23)cc1NS(C)(=O)=O. The van der Waals surface area contributed by atoms with Crippen molar-refractivity contribution in [1.82, 2.24) is 24.5 Å². The number of sulfonamides is 1. The maximum absolute atomic E-state index is 14.6. The van der Waals surface area contributed by atoms with Crippen molar-refractivity contribution in [2.45, 2.75) is 13.0 Å². The Morgan fingerprint density at radius 1 is 1.00 bits per heavy atom. The van der Waals surface area contributed by atoms with Crippen molar-refractivity contribution in [3.05, 3.63) is 111 Å². The summed E-state index contributed by atoms with van der Waals surface area (Å²) in [5.41, 5.74) is 1.77. The van der Waals surface area contributed by atoms with Crippen LogP contribution in [0.5, 0.6) is 5.88 Å². The summed E-state index contributed by atoms with van der Waals surface area (Å²) in [5.74, 6) is 0.351. The summed E-state index contributed by atoms with van der Waals surface area (Å²) in [6.45, 7) is 1.82. The molecule has 45 heavy (non-hydrogen) atoms. The Hall–Kier alpha value is -5.27. The second-order valence-electron chi connectivity index (χ2n) is 10.2. The van der Waals surface area contributed by atoms with Crippen molar-refractivity contribution in [2.24, 2.45) is 0 Å². The predicted octanol–water partition coefficient (Wildman–Crippen LogP) is 4.89. The van der Waals surface area contributed by atoms with Gasteiger partial charge in [0.2, 0.25) is 15.9 Å². The Bertz CT molecular complexity index is 2320. The molecule has 0 unspecified atom stereocenters. The van der Waals surface area contributed by atoms with Gasteiger partial charge in [-0.25, -0.2) is 23.4 Å². The molecule has 228 valence electrons. The van der Waals surface area contributed by atoms with Crippen LogP contribution in [0.25, 0.3) is 38.6 Å². The van der Waals surface area contributed by atoms with Crippen LogP contribution in [0, 0.1) is 0 Å². The normalized spacial score (nSPS) is 12.3. The Morgan fingerprint density at radius 2 is 1.78 bits per heavy atom. The Labute approximate surface area is 261 Å². The highest BCUT2D eigenvalue weighted by molar-refractivity contribution is 7.92. The minimum Gasteiger partial charge on any atom is -0.480 e. The third kappa shape index (κ3) is 5.58. The summed E-state index contributed by atoms with van der Waals surface area (Å²) in [4.78, 5) is 43.0. The van der Waals surface area contributed by atoms with E-state index in [-0.39, 0.29) is 33.8 Å². The molecule has 4 heterocycles. The van der Waals surface area contributed by atoms with E-state index >= 15 is 0 Å². The first kappa shape index (κ1) is 29.8. The number of hydrogen-bond donors (Lipinski definition) is 3. The smallest absolute Gasteiger partial charge is 0.263 e. The molecular formula is C31H26ClN7O5S. The lowest BCUT2D eigenvalue weighted by molar-refractivity contribution is 0.400. The zero-order valence-corrected chi connectivity index (χ0v) is 25.8. The molecule has 0 aliphatic rings. The minimum atomic E-state index is -3.66. The van der Waals surface area contributed by atoms with Crippen LogP contribution < -0.4 is 25.8 Å². The van der Waals surface area contributed by atoms with Gasteiger partial charge in [0.25, 0.3) is 5.56 Å². The van der Waals surface area contributed by atoms with E-state index in [0.29, 0.717) is 44.0 Å². The van der Waals surface area contributed by atoms with E-state index in [1.165, 1.54) is 36.5 Å². The van der Waals surface area contributed by atoms with Gasteiger partial charge in [0, 0.05) is 35.1 Å². The lowest BCUT2D eigenvalue weighted by Gasteiger charge is -2.24. The van der Waals surface area contributed by atoms with Gasteiger partial charge in [0.05, 0.1) is 35.5 Å². The number of anilines is 2. The second kappa shape index (κ2) is 11.7. The topological polar surface area (TPSA) is 161 Å². The molecule has 0 amide bonds. The molecule has 0 radical (unpaired) electrons. The van der Waals surface area contributed by atoms with E-state index in [2.05, 4.69) is 30.0 Å². The highest BCUT2D eigenvalue weighted by Crippen LogP contribution is 2.38. The predicted molar refractivity (Wildman–Crippen MR) is 175 cm³/mol. The number of aromatic nitrogens is 5. The number of nitrogens with zero attached hydrogens (tertiary/aromatic N) is 4. The van der Waals surface area contributed by atoms with Crippen LogP contribution in [-0.4, -0.2) is 46.3 Å². The number of H-pyrrole nitrogens is 1. The van der Waals surface area contributed by atoms with Crippen LogP contribution in [0.2, 0.25) is 5.02 Å². The molecule has 2 aromatic carbocycles. The van der Waals surface area contributed by atoms with E-state index < -0.39 is 16.1 Å². The molecule has 0 fully saturated rings. The maximum Gasteiger partial charge on any atom is 0.263 e. The number of rotatable bonds is 8. The summed E-state index contributed by atoms with van der Waals surface area (Å²) in [5, 5.41) is 4.59. The second-order valence-corrected chi connectivity index (χ2v) is 12.3. The quantitative estimate of drug-likeness (QED) is 0.210. The molecule has 1 atom stereocenters. The molecule has 4 aromatic heterocycles. The molecule has 0 bridgehead atoms. The van der Waals surface area contributed by atoms with Crippen LogP contribution >= 0.6 is 11.6 Å². The van der Waals surface area contributed by atoms with Gasteiger partial charge in [-0.3, -0.25) is 18.9 Å². The molecule has 0 saturated carbocycles. The fourth-order valence-corrected chi connectivity index (χ4v) is 6.26. The average molecular weight is 644 g/mol. The maximum atomic E-state index is 14.6. The molecule has 0 spiro atoms. The highest BCUT2D eigenvalue weighted by Gasteiger charge is 2.25. The first-order valence-electron chi connectivity index (χ1n) is 13.6. The van der Waals surface area contributed by atoms with Gasteiger partial charge in [0.15, 0.2) is 5.43 Å². The Balaban J connectivity index is 1.60. The number of benzene rings is 2. The van der Waals surface area contributed by atoms with Crippen molar-refractivity contribution in [3.8, 4) is 22.7 Å². The molecule has 14 heteroatoms. The molecular weight excluding hydrogens is 618 g/mol. The number of pyridine rings is 3. The van der Waals surface area contributed by atoms with E-state index in [0.717, 1.165) is 6.26 Å². The number of aromatic amines is 1. The lowest BCUT2D eigenvalue weighted by atomic mass is 9.98. The van der Waals surface area contributed by atoms with Gasteiger partial charge in [0.1, 0.15) is 28.9 Å². The van der Waals surface area contributed by atoms with Crippen LogP contribution in [0.4, 0.5) is 11.5 Å². The number of nitrogens with one attached hydrogen (secondary N) is 3. The number of ether oxygens (including phenoxy) is 1. The fourth-order valence-electron chi connectivity index (χ4n) is 5.31. The van der Waals surface area contributed by atoms with E-state index in [9.17, 15) is 18.0 Å². The van der Waals surface area contributed by atoms with Crippen molar-refractivity contribution >= 4 is 54.9 Å². The van der Waals surface area contributed by atoms with Crippen molar-refractivity contribution in [3.63, 3.8) is 0 Å². The third-order valence-corrected chi connectivity index (χ3v) is 8.15. The van der Waals surface area contributed by atoms with Gasteiger partial charge < -0.3 is 15.0 Å². The van der Waals surface area contributed by atoms with Crippen LogP contribution in [0.3, 0.4) is 0 Å². The Morgan fingerprint density at radius 3 is 2.51 bits per heavy atom.